The monoisotopic (exact) mass is 232 g/mol. The normalized spacial score (nSPS) is 13.9. The van der Waals surface area contributed by atoms with Gasteiger partial charge in [-0.05, 0) is 55.0 Å². The topological polar surface area (TPSA) is 46.5 Å². The summed E-state index contributed by atoms with van der Waals surface area (Å²) in [5.74, 6) is 0.0399. The number of benzene rings is 1. The molecule has 0 spiro atoms. The largest absolute Gasteiger partial charge is 0.508 e. The van der Waals surface area contributed by atoms with Gasteiger partial charge in [-0.15, -0.1) is 0 Å². The molecule has 1 aliphatic carbocycles. The second-order valence-corrected chi connectivity index (χ2v) is 4.07. The van der Waals surface area contributed by atoms with Crippen molar-refractivity contribution in [3.05, 3.63) is 34.9 Å². The third-order valence-corrected chi connectivity index (χ3v) is 2.98. The highest BCUT2D eigenvalue weighted by Crippen LogP contribution is 2.32. The zero-order valence-corrected chi connectivity index (χ0v) is 9.90. The zero-order chi connectivity index (χ0) is 12.3. The molecule has 1 aromatic rings. The minimum absolute atomic E-state index is 0.327. The zero-order valence-electron chi connectivity index (χ0n) is 9.90. The van der Waals surface area contributed by atoms with E-state index in [-0.39, 0.29) is 5.97 Å². The third-order valence-electron chi connectivity index (χ3n) is 2.98. The van der Waals surface area contributed by atoms with E-state index in [1.807, 2.05) is 6.07 Å². The molecule has 0 atom stereocenters. The number of phenols is 1. The van der Waals surface area contributed by atoms with Crippen LogP contribution < -0.4 is 0 Å². The second kappa shape index (κ2) is 5.04. The van der Waals surface area contributed by atoms with Gasteiger partial charge in [0.05, 0.1) is 6.61 Å². The first kappa shape index (κ1) is 11.7. The highest BCUT2D eigenvalue weighted by Gasteiger charge is 2.17. The first-order chi connectivity index (χ1) is 8.22. The highest BCUT2D eigenvalue weighted by molar-refractivity contribution is 5.87. The molecule has 0 bridgehead atoms. The van der Waals surface area contributed by atoms with Crippen molar-refractivity contribution >= 4 is 12.0 Å². The molecule has 90 valence electrons. The Balaban J connectivity index is 2.23. The molecule has 1 aromatic carbocycles. The van der Waals surface area contributed by atoms with E-state index in [0.717, 1.165) is 36.0 Å². The number of ether oxygens (including phenoxy) is 1. The minimum Gasteiger partial charge on any atom is -0.508 e. The van der Waals surface area contributed by atoms with Crippen LogP contribution in [0.15, 0.2) is 18.2 Å². The maximum absolute atomic E-state index is 11.2. The number of carbonyl (C=O) groups is 1. The maximum Gasteiger partial charge on any atom is 0.330 e. The number of fused-ring (bicyclic) bond motifs is 1. The number of phenolic OH excluding ortho intramolecular Hbond substituents is 1. The summed E-state index contributed by atoms with van der Waals surface area (Å²) in [5.41, 5.74) is 3.19. The van der Waals surface area contributed by atoms with Crippen LogP contribution in [0.25, 0.3) is 6.08 Å². The summed E-state index contributed by atoms with van der Waals surface area (Å²) in [6.07, 6.45) is 6.15. The Hall–Kier alpha value is -1.77. The standard InChI is InChI=1S/C14H16O3/c1-2-17-14(16)9-7-10-6-8-13(15)12-5-3-4-11(10)12/h6-9,15H,2-5H2,1H3. The summed E-state index contributed by atoms with van der Waals surface area (Å²) < 4.78 is 4.83. The van der Waals surface area contributed by atoms with Crippen molar-refractivity contribution in [2.75, 3.05) is 6.61 Å². The average Bonchev–Trinajstić information content (AvgIpc) is 2.78. The van der Waals surface area contributed by atoms with E-state index in [1.54, 1.807) is 19.1 Å². The Labute approximate surface area is 101 Å². The predicted molar refractivity (Wildman–Crippen MR) is 65.8 cm³/mol. The van der Waals surface area contributed by atoms with Gasteiger partial charge in [0.1, 0.15) is 5.75 Å². The van der Waals surface area contributed by atoms with Crippen molar-refractivity contribution in [2.45, 2.75) is 26.2 Å². The van der Waals surface area contributed by atoms with E-state index in [9.17, 15) is 9.90 Å². The van der Waals surface area contributed by atoms with Gasteiger partial charge in [0.25, 0.3) is 0 Å². The van der Waals surface area contributed by atoms with Gasteiger partial charge in [0.15, 0.2) is 0 Å². The van der Waals surface area contributed by atoms with Crippen molar-refractivity contribution in [1.82, 2.24) is 0 Å². The van der Waals surface area contributed by atoms with Crippen LogP contribution in [-0.2, 0) is 22.4 Å². The fraction of sp³-hybridized carbons (Fsp3) is 0.357. The third kappa shape index (κ3) is 2.49. The van der Waals surface area contributed by atoms with Crippen molar-refractivity contribution in [3.63, 3.8) is 0 Å². The van der Waals surface area contributed by atoms with Gasteiger partial charge in [-0.25, -0.2) is 4.79 Å². The van der Waals surface area contributed by atoms with Gasteiger partial charge in [0, 0.05) is 6.08 Å². The molecule has 0 heterocycles. The van der Waals surface area contributed by atoms with Crippen LogP contribution >= 0.6 is 0 Å². The summed E-state index contributed by atoms with van der Waals surface area (Å²) in [6, 6.07) is 3.53. The van der Waals surface area contributed by atoms with Crippen LogP contribution in [0.3, 0.4) is 0 Å². The van der Waals surface area contributed by atoms with Gasteiger partial charge in [0.2, 0.25) is 0 Å². The lowest BCUT2D eigenvalue weighted by atomic mass is 10.0. The van der Waals surface area contributed by atoms with E-state index in [0.29, 0.717) is 12.4 Å². The van der Waals surface area contributed by atoms with Gasteiger partial charge >= 0.3 is 5.97 Å². The van der Waals surface area contributed by atoms with Crippen LogP contribution in [0.1, 0.15) is 30.0 Å². The van der Waals surface area contributed by atoms with E-state index >= 15 is 0 Å². The number of hydrogen-bond acceptors (Lipinski definition) is 3. The second-order valence-electron chi connectivity index (χ2n) is 4.07. The number of rotatable bonds is 3. The average molecular weight is 232 g/mol. The quantitative estimate of drug-likeness (QED) is 0.643. The summed E-state index contributed by atoms with van der Waals surface area (Å²) in [4.78, 5) is 11.2. The lowest BCUT2D eigenvalue weighted by Crippen LogP contribution is -1.99. The maximum atomic E-state index is 11.2. The molecule has 0 fully saturated rings. The molecule has 17 heavy (non-hydrogen) atoms. The van der Waals surface area contributed by atoms with Crippen LogP contribution in [0.4, 0.5) is 0 Å². The molecule has 0 radical (unpaired) electrons. The number of esters is 1. The Kier molecular flexibility index (Phi) is 3.47. The lowest BCUT2D eigenvalue weighted by molar-refractivity contribution is -0.137. The number of hydrogen-bond donors (Lipinski definition) is 1. The fourth-order valence-corrected chi connectivity index (χ4v) is 2.22. The molecule has 3 heteroatoms. The molecule has 0 saturated carbocycles. The SMILES string of the molecule is CCOC(=O)C=Cc1ccc(O)c2c1CCC2. The van der Waals surface area contributed by atoms with Crippen molar-refractivity contribution < 1.29 is 14.6 Å². The molecular formula is C14H16O3. The molecule has 0 aromatic heterocycles. The van der Waals surface area contributed by atoms with E-state index in [1.165, 1.54) is 6.08 Å². The van der Waals surface area contributed by atoms with Crippen molar-refractivity contribution in [2.24, 2.45) is 0 Å². The fourth-order valence-electron chi connectivity index (χ4n) is 2.22. The Morgan fingerprint density at radius 2 is 2.18 bits per heavy atom. The smallest absolute Gasteiger partial charge is 0.330 e. The van der Waals surface area contributed by atoms with Crippen LogP contribution in [0.2, 0.25) is 0 Å². The lowest BCUT2D eigenvalue weighted by Gasteiger charge is -2.06. The van der Waals surface area contributed by atoms with Crippen LogP contribution in [-0.4, -0.2) is 17.7 Å². The minimum atomic E-state index is -0.327. The Bertz CT molecular complexity index is 461. The molecule has 0 saturated heterocycles. The summed E-state index contributed by atoms with van der Waals surface area (Å²) in [6.45, 7) is 2.17. The molecular weight excluding hydrogens is 216 g/mol. The van der Waals surface area contributed by atoms with Gasteiger partial charge in [-0.3, -0.25) is 0 Å². The molecule has 0 amide bonds. The number of carbonyl (C=O) groups excluding carboxylic acids is 1. The molecule has 3 nitrogen and oxygen atoms in total. The van der Waals surface area contributed by atoms with Gasteiger partial charge < -0.3 is 9.84 Å². The first-order valence-electron chi connectivity index (χ1n) is 5.91. The van der Waals surface area contributed by atoms with Crippen molar-refractivity contribution in [1.29, 1.82) is 0 Å². The Morgan fingerprint density at radius 3 is 2.94 bits per heavy atom. The van der Waals surface area contributed by atoms with E-state index < -0.39 is 0 Å². The summed E-state index contributed by atoms with van der Waals surface area (Å²) in [7, 11) is 0. The summed E-state index contributed by atoms with van der Waals surface area (Å²) >= 11 is 0. The molecule has 0 unspecified atom stereocenters. The van der Waals surface area contributed by atoms with Crippen molar-refractivity contribution in [3.8, 4) is 5.75 Å². The highest BCUT2D eigenvalue weighted by atomic mass is 16.5. The molecule has 0 aliphatic heterocycles. The van der Waals surface area contributed by atoms with E-state index in [2.05, 4.69) is 0 Å². The van der Waals surface area contributed by atoms with Gasteiger partial charge in [-0.1, -0.05) is 6.07 Å². The Morgan fingerprint density at radius 1 is 1.41 bits per heavy atom. The van der Waals surface area contributed by atoms with Crippen LogP contribution in [0.5, 0.6) is 5.75 Å². The van der Waals surface area contributed by atoms with E-state index in [4.69, 9.17) is 4.74 Å². The molecule has 1 aliphatic rings. The number of aromatic hydroxyl groups is 1. The van der Waals surface area contributed by atoms with Crippen LogP contribution in [0, 0.1) is 0 Å². The first-order valence-corrected chi connectivity index (χ1v) is 5.91. The molecule has 1 N–H and O–H groups in total. The predicted octanol–water partition coefficient (Wildman–Crippen LogP) is 2.46. The van der Waals surface area contributed by atoms with Gasteiger partial charge in [-0.2, -0.15) is 0 Å². The summed E-state index contributed by atoms with van der Waals surface area (Å²) in [5, 5.41) is 9.70. The molecule has 2 rings (SSSR count).